The second-order valence-corrected chi connectivity index (χ2v) is 7.74. The number of nitrogens with zero attached hydrogens (tertiary/aromatic N) is 2. The van der Waals surface area contributed by atoms with Crippen LogP contribution in [-0.4, -0.2) is 29.0 Å². The van der Waals surface area contributed by atoms with Crippen molar-refractivity contribution in [2.75, 3.05) is 6.54 Å². The normalized spacial score (nSPS) is 16.7. The van der Waals surface area contributed by atoms with Crippen molar-refractivity contribution in [2.45, 2.75) is 25.8 Å². The summed E-state index contributed by atoms with van der Waals surface area (Å²) in [6.45, 7) is 2.65. The number of carbonyl (C=O) groups excluding carboxylic acids is 2. The molecular weight excluding hydrogens is 390 g/mol. The molecule has 0 aliphatic carbocycles. The number of amides is 2. The number of carbonyl (C=O) groups is 2. The zero-order chi connectivity index (χ0) is 21.6. The van der Waals surface area contributed by atoms with Gasteiger partial charge in [0.05, 0.1) is 18.7 Å². The molecule has 1 fully saturated rings. The number of likely N-dealkylation sites (tertiary alicyclic amines) is 1. The molecule has 2 aromatic carbocycles. The fraction of sp³-hybridized carbons (Fsp3) is 0.240. The van der Waals surface area contributed by atoms with Crippen molar-refractivity contribution in [3.63, 3.8) is 0 Å². The molecule has 31 heavy (non-hydrogen) atoms. The first-order valence-corrected chi connectivity index (χ1v) is 10.4. The third-order valence-electron chi connectivity index (χ3n) is 5.54. The molecule has 0 radical (unpaired) electrons. The summed E-state index contributed by atoms with van der Waals surface area (Å²) in [5.74, 6) is -0.0793. The molecule has 1 aliphatic rings. The van der Waals surface area contributed by atoms with Gasteiger partial charge in [-0.25, -0.2) is 5.43 Å². The maximum atomic E-state index is 12.7. The highest BCUT2D eigenvalue weighted by molar-refractivity contribution is 5.94. The van der Waals surface area contributed by atoms with Crippen LogP contribution in [0.3, 0.4) is 0 Å². The Labute approximate surface area is 181 Å². The summed E-state index contributed by atoms with van der Waals surface area (Å²) in [7, 11) is 0. The van der Waals surface area contributed by atoms with E-state index in [9.17, 15) is 9.59 Å². The largest absolute Gasteiger partial charge is 0.467 e. The van der Waals surface area contributed by atoms with Crippen LogP contribution in [0.15, 0.2) is 88.6 Å². The van der Waals surface area contributed by atoms with Crippen LogP contribution in [0.4, 0.5) is 0 Å². The lowest BCUT2D eigenvalue weighted by Crippen LogP contribution is -2.31. The highest BCUT2D eigenvalue weighted by atomic mass is 16.3. The van der Waals surface area contributed by atoms with E-state index in [1.807, 2.05) is 49.4 Å². The van der Waals surface area contributed by atoms with Crippen LogP contribution in [0.2, 0.25) is 0 Å². The van der Waals surface area contributed by atoms with Gasteiger partial charge in [-0.1, -0.05) is 60.7 Å². The lowest BCUT2D eigenvalue weighted by molar-refractivity contribution is -0.129. The number of nitrogens with one attached hydrogen (secondary N) is 1. The molecule has 6 nitrogen and oxygen atoms in total. The van der Waals surface area contributed by atoms with E-state index in [2.05, 4.69) is 34.8 Å². The van der Waals surface area contributed by atoms with E-state index >= 15 is 0 Å². The zero-order valence-electron chi connectivity index (χ0n) is 17.4. The van der Waals surface area contributed by atoms with Gasteiger partial charge in [0.2, 0.25) is 11.8 Å². The van der Waals surface area contributed by atoms with Gasteiger partial charge in [0, 0.05) is 24.6 Å². The Bertz CT molecular complexity index is 1010. The number of hydrogen-bond acceptors (Lipinski definition) is 4. The Hall–Kier alpha value is -3.67. The maximum Gasteiger partial charge on any atom is 0.245 e. The van der Waals surface area contributed by atoms with Gasteiger partial charge in [0.15, 0.2) is 0 Å². The Balaban J connectivity index is 1.45. The van der Waals surface area contributed by atoms with Crippen molar-refractivity contribution >= 4 is 17.5 Å². The first kappa shape index (κ1) is 20.6. The van der Waals surface area contributed by atoms with Gasteiger partial charge in [-0.2, -0.15) is 5.10 Å². The van der Waals surface area contributed by atoms with Gasteiger partial charge in [-0.3, -0.25) is 9.59 Å². The Morgan fingerprint density at radius 1 is 1.06 bits per heavy atom. The fourth-order valence-corrected chi connectivity index (χ4v) is 3.96. The molecule has 1 aromatic heterocycles. The van der Waals surface area contributed by atoms with Crippen molar-refractivity contribution in [1.82, 2.24) is 10.3 Å². The zero-order valence-corrected chi connectivity index (χ0v) is 17.4. The summed E-state index contributed by atoms with van der Waals surface area (Å²) in [6.07, 6.45) is 1.76. The quantitative estimate of drug-likeness (QED) is 0.469. The maximum absolute atomic E-state index is 12.7. The Morgan fingerprint density at radius 2 is 1.71 bits per heavy atom. The topological polar surface area (TPSA) is 74.9 Å². The summed E-state index contributed by atoms with van der Waals surface area (Å²) >= 11 is 0. The standard InChI is InChI=1S/C25H25N3O3/c1-18(24(19-9-4-2-5-10-19)20-11-6-3-7-12-20)26-27-25(30)21-15-23(29)28(16-21)17-22-13-8-14-31-22/h2-14,21,24H,15-17H2,1H3,(H,27,30)/b26-18+. The van der Waals surface area contributed by atoms with Crippen LogP contribution in [0.1, 0.15) is 36.1 Å². The van der Waals surface area contributed by atoms with Gasteiger partial charge >= 0.3 is 0 Å². The number of furan rings is 1. The molecule has 1 aliphatic heterocycles. The minimum atomic E-state index is -0.425. The highest BCUT2D eigenvalue weighted by Crippen LogP contribution is 2.26. The monoisotopic (exact) mass is 415 g/mol. The Kier molecular flexibility index (Phi) is 6.26. The molecule has 0 saturated carbocycles. The molecule has 158 valence electrons. The van der Waals surface area contributed by atoms with Crippen molar-refractivity contribution in [3.8, 4) is 0 Å². The molecular formula is C25H25N3O3. The van der Waals surface area contributed by atoms with Crippen molar-refractivity contribution < 1.29 is 14.0 Å². The molecule has 6 heteroatoms. The van der Waals surface area contributed by atoms with Gasteiger partial charge in [0.25, 0.3) is 0 Å². The Morgan fingerprint density at radius 3 is 2.29 bits per heavy atom. The molecule has 2 amide bonds. The third kappa shape index (κ3) is 4.91. The molecule has 1 unspecified atom stereocenters. The summed E-state index contributed by atoms with van der Waals surface area (Å²) in [6, 6.07) is 23.8. The van der Waals surface area contributed by atoms with Crippen LogP contribution in [-0.2, 0) is 16.1 Å². The van der Waals surface area contributed by atoms with Crippen molar-refractivity contribution in [3.05, 3.63) is 95.9 Å². The van der Waals surface area contributed by atoms with Crippen molar-refractivity contribution in [1.29, 1.82) is 0 Å². The number of hydrogen-bond donors (Lipinski definition) is 1. The van der Waals surface area contributed by atoms with Gasteiger partial charge in [0.1, 0.15) is 5.76 Å². The van der Waals surface area contributed by atoms with E-state index in [0.29, 0.717) is 18.8 Å². The first-order valence-electron chi connectivity index (χ1n) is 10.4. The second kappa shape index (κ2) is 9.43. The van der Waals surface area contributed by atoms with Crippen LogP contribution in [0.25, 0.3) is 0 Å². The van der Waals surface area contributed by atoms with E-state index < -0.39 is 5.92 Å². The molecule has 1 N–H and O–H groups in total. The van der Waals surface area contributed by atoms with E-state index in [1.54, 1.807) is 17.2 Å². The molecule has 3 aromatic rings. The smallest absolute Gasteiger partial charge is 0.245 e. The summed E-state index contributed by atoms with van der Waals surface area (Å²) < 4.78 is 5.31. The molecule has 1 atom stereocenters. The predicted octanol–water partition coefficient (Wildman–Crippen LogP) is 3.95. The molecule has 2 heterocycles. The predicted molar refractivity (Wildman–Crippen MR) is 118 cm³/mol. The van der Waals surface area contributed by atoms with Crippen molar-refractivity contribution in [2.24, 2.45) is 11.0 Å². The second-order valence-electron chi connectivity index (χ2n) is 7.74. The highest BCUT2D eigenvalue weighted by Gasteiger charge is 2.34. The van der Waals surface area contributed by atoms with Gasteiger partial charge in [-0.15, -0.1) is 0 Å². The van der Waals surface area contributed by atoms with Gasteiger partial charge in [-0.05, 0) is 30.2 Å². The van der Waals surface area contributed by atoms with Crippen LogP contribution < -0.4 is 5.43 Å². The minimum absolute atomic E-state index is 0.0521. The van der Waals surface area contributed by atoms with E-state index in [1.165, 1.54) is 0 Å². The van der Waals surface area contributed by atoms with E-state index in [4.69, 9.17) is 4.42 Å². The SMILES string of the molecule is C/C(=N\NC(=O)C1CC(=O)N(Cc2ccco2)C1)C(c1ccccc1)c1ccccc1. The molecule has 0 bridgehead atoms. The lowest BCUT2D eigenvalue weighted by atomic mass is 9.88. The van der Waals surface area contributed by atoms with Crippen LogP contribution in [0, 0.1) is 5.92 Å². The summed E-state index contributed by atoms with van der Waals surface area (Å²) in [5.41, 5.74) is 5.67. The number of rotatable bonds is 7. The fourth-order valence-electron chi connectivity index (χ4n) is 3.96. The first-order chi connectivity index (χ1) is 15.1. The lowest BCUT2D eigenvalue weighted by Gasteiger charge is -2.18. The van der Waals surface area contributed by atoms with Crippen LogP contribution in [0.5, 0.6) is 0 Å². The molecule has 1 saturated heterocycles. The number of hydrazone groups is 1. The molecule has 4 rings (SSSR count). The average Bonchev–Trinajstić information content (AvgIpc) is 3.44. The summed E-state index contributed by atoms with van der Waals surface area (Å²) in [5, 5.41) is 4.42. The molecule has 0 spiro atoms. The van der Waals surface area contributed by atoms with E-state index in [-0.39, 0.29) is 24.2 Å². The van der Waals surface area contributed by atoms with Crippen LogP contribution >= 0.6 is 0 Å². The number of benzene rings is 2. The van der Waals surface area contributed by atoms with E-state index in [0.717, 1.165) is 16.8 Å². The summed E-state index contributed by atoms with van der Waals surface area (Å²) in [4.78, 5) is 26.7. The van der Waals surface area contributed by atoms with Gasteiger partial charge < -0.3 is 9.32 Å². The minimum Gasteiger partial charge on any atom is -0.467 e. The third-order valence-corrected chi connectivity index (χ3v) is 5.54. The average molecular weight is 415 g/mol.